The second-order valence-corrected chi connectivity index (χ2v) is 7.18. The van der Waals surface area contributed by atoms with E-state index in [4.69, 9.17) is 4.74 Å². The van der Waals surface area contributed by atoms with Gasteiger partial charge < -0.3 is 9.84 Å². The monoisotopic (exact) mass is 318 g/mol. The largest absolute Gasteiger partial charge is 0.390 e. The van der Waals surface area contributed by atoms with E-state index < -0.39 is 0 Å². The molecule has 1 aromatic heterocycles. The van der Waals surface area contributed by atoms with Crippen molar-refractivity contribution in [2.24, 2.45) is 0 Å². The van der Waals surface area contributed by atoms with E-state index in [0.717, 1.165) is 16.6 Å². The summed E-state index contributed by atoms with van der Waals surface area (Å²) in [6.45, 7) is 2.69. The van der Waals surface area contributed by atoms with E-state index in [1.807, 2.05) is 13.0 Å². The van der Waals surface area contributed by atoms with E-state index in [-0.39, 0.29) is 11.7 Å². The van der Waals surface area contributed by atoms with Crippen LogP contribution in [0.25, 0.3) is 0 Å². The van der Waals surface area contributed by atoms with Gasteiger partial charge in [0.2, 0.25) is 0 Å². The molecule has 1 unspecified atom stereocenters. The highest BCUT2D eigenvalue weighted by atomic mass is 79.9. The Bertz CT molecular complexity index is 358. The molecule has 1 fully saturated rings. The van der Waals surface area contributed by atoms with Gasteiger partial charge in [0.05, 0.1) is 15.5 Å². The fraction of sp³-hybridized carbons (Fsp3) is 0.692. The van der Waals surface area contributed by atoms with Crippen molar-refractivity contribution in [1.82, 2.24) is 0 Å². The zero-order valence-corrected chi connectivity index (χ0v) is 12.5. The van der Waals surface area contributed by atoms with Gasteiger partial charge >= 0.3 is 0 Å². The van der Waals surface area contributed by atoms with Gasteiger partial charge in [-0.2, -0.15) is 0 Å². The second kappa shape index (κ2) is 5.83. The summed E-state index contributed by atoms with van der Waals surface area (Å²) < 4.78 is 7.00. The molecular formula is C13H19BrO2S. The van der Waals surface area contributed by atoms with Crippen LogP contribution in [-0.2, 0) is 11.2 Å². The van der Waals surface area contributed by atoms with E-state index in [1.54, 1.807) is 11.3 Å². The molecule has 1 aliphatic rings. The Balaban J connectivity index is 2.03. The molecule has 0 amide bonds. The molecule has 0 spiro atoms. The van der Waals surface area contributed by atoms with Crippen LogP contribution in [0.5, 0.6) is 0 Å². The maximum Gasteiger partial charge on any atom is 0.0943 e. The van der Waals surface area contributed by atoms with Crippen LogP contribution in [-0.4, -0.2) is 23.4 Å². The summed E-state index contributed by atoms with van der Waals surface area (Å²) in [7, 11) is 0. The lowest BCUT2D eigenvalue weighted by Gasteiger charge is -2.34. The summed E-state index contributed by atoms with van der Waals surface area (Å²) in [5.41, 5.74) is -0.286. The number of hydrogen-bond donors (Lipinski definition) is 1. The van der Waals surface area contributed by atoms with Gasteiger partial charge in [0.15, 0.2) is 0 Å². The van der Waals surface area contributed by atoms with Crippen molar-refractivity contribution < 1.29 is 9.84 Å². The van der Waals surface area contributed by atoms with E-state index in [9.17, 15) is 5.11 Å². The third-order valence-corrected chi connectivity index (χ3v) is 5.16. The van der Waals surface area contributed by atoms with Crippen LogP contribution in [0.1, 0.15) is 37.5 Å². The Morgan fingerprint density at radius 1 is 1.47 bits per heavy atom. The highest BCUT2D eigenvalue weighted by Crippen LogP contribution is 2.38. The smallest absolute Gasteiger partial charge is 0.0943 e. The molecule has 1 N–H and O–H groups in total. The summed E-state index contributed by atoms with van der Waals surface area (Å²) in [4.78, 5) is 1.22. The van der Waals surface area contributed by atoms with Crippen molar-refractivity contribution in [1.29, 1.82) is 0 Å². The van der Waals surface area contributed by atoms with Gasteiger partial charge in [-0.25, -0.2) is 0 Å². The van der Waals surface area contributed by atoms with E-state index >= 15 is 0 Å². The van der Waals surface area contributed by atoms with Crippen molar-refractivity contribution in [3.05, 3.63) is 20.8 Å². The Morgan fingerprint density at radius 2 is 2.18 bits per heavy atom. The second-order valence-electron chi connectivity index (χ2n) is 4.63. The van der Waals surface area contributed by atoms with Crippen molar-refractivity contribution in [3.8, 4) is 0 Å². The van der Waals surface area contributed by atoms with Crippen LogP contribution in [0.3, 0.4) is 0 Å². The zero-order valence-electron chi connectivity index (χ0n) is 10.1. The molecular weight excluding hydrogens is 300 g/mol. The first-order valence-electron chi connectivity index (χ1n) is 6.22. The van der Waals surface area contributed by atoms with Gasteiger partial charge in [0.25, 0.3) is 0 Å². The average molecular weight is 319 g/mol. The van der Waals surface area contributed by atoms with E-state index in [1.165, 1.54) is 17.7 Å². The Hall–Kier alpha value is 0.1000. The minimum absolute atomic E-state index is 0.286. The number of halogens is 1. The summed E-state index contributed by atoms with van der Waals surface area (Å²) >= 11 is 5.15. The summed E-state index contributed by atoms with van der Waals surface area (Å²) in [6, 6.07) is 4.11. The van der Waals surface area contributed by atoms with Crippen LogP contribution in [0.15, 0.2) is 15.9 Å². The number of thiophene rings is 1. The summed E-state index contributed by atoms with van der Waals surface area (Å²) in [5.74, 6) is 0. The van der Waals surface area contributed by atoms with Crippen LogP contribution in [0.4, 0.5) is 0 Å². The molecule has 1 heterocycles. The highest BCUT2D eigenvalue weighted by molar-refractivity contribution is 9.11. The maximum atomic E-state index is 10.5. The fourth-order valence-corrected chi connectivity index (χ4v) is 4.19. The van der Waals surface area contributed by atoms with Gasteiger partial charge in [-0.05, 0) is 47.8 Å². The third kappa shape index (κ3) is 3.11. The molecule has 4 heteroatoms. The third-order valence-electron chi connectivity index (χ3n) is 3.51. The van der Waals surface area contributed by atoms with Crippen LogP contribution in [0.2, 0.25) is 0 Å². The van der Waals surface area contributed by atoms with Gasteiger partial charge in [-0.3, -0.25) is 0 Å². The van der Waals surface area contributed by atoms with E-state index in [0.29, 0.717) is 13.0 Å². The molecule has 0 aliphatic heterocycles. The quantitative estimate of drug-likeness (QED) is 0.895. The number of aliphatic hydroxyl groups is 1. The molecule has 1 saturated carbocycles. The highest BCUT2D eigenvalue weighted by Gasteiger charge is 2.41. The standard InChI is InChI=1S/C13H19BrO2S/c1-2-16-13(7-3-4-8-13)11(15)9-10-5-6-12(14)17-10/h5-6,11,15H,2-4,7-9H2,1H3. The predicted molar refractivity (Wildman–Crippen MR) is 74.6 cm³/mol. The molecule has 0 radical (unpaired) electrons. The first-order chi connectivity index (χ1) is 8.16. The Kier molecular flexibility index (Phi) is 4.64. The molecule has 1 atom stereocenters. The molecule has 2 nitrogen and oxygen atoms in total. The predicted octanol–water partition coefficient (Wildman–Crippen LogP) is 3.76. The molecule has 1 aliphatic carbocycles. The van der Waals surface area contributed by atoms with Gasteiger partial charge in [-0.15, -0.1) is 11.3 Å². The van der Waals surface area contributed by atoms with Crippen molar-refractivity contribution in [2.45, 2.75) is 50.7 Å². The van der Waals surface area contributed by atoms with Gasteiger partial charge in [0.1, 0.15) is 0 Å². The molecule has 0 bridgehead atoms. The van der Waals surface area contributed by atoms with Crippen LogP contribution in [0, 0.1) is 0 Å². The topological polar surface area (TPSA) is 29.5 Å². The normalized spacial score (nSPS) is 20.6. The molecule has 0 saturated heterocycles. The summed E-state index contributed by atoms with van der Waals surface area (Å²) in [5, 5.41) is 10.5. The molecule has 0 aromatic carbocycles. The average Bonchev–Trinajstić information content (AvgIpc) is 2.89. The molecule has 96 valence electrons. The van der Waals surface area contributed by atoms with Gasteiger partial charge in [-0.1, -0.05) is 12.8 Å². The zero-order chi connectivity index (χ0) is 12.3. The number of aliphatic hydroxyl groups excluding tert-OH is 1. The summed E-state index contributed by atoms with van der Waals surface area (Å²) in [6.07, 6.45) is 4.66. The van der Waals surface area contributed by atoms with Crippen molar-refractivity contribution in [3.63, 3.8) is 0 Å². The maximum absolute atomic E-state index is 10.5. The van der Waals surface area contributed by atoms with Crippen molar-refractivity contribution in [2.75, 3.05) is 6.61 Å². The number of hydrogen-bond acceptors (Lipinski definition) is 3. The molecule has 1 aromatic rings. The van der Waals surface area contributed by atoms with Gasteiger partial charge in [0, 0.05) is 17.9 Å². The van der Waals surface area contributed by atoms with Crippen LogP contribution < -0.4 is 0 Å². The minimum Gasteiger partial charge on any atom is -0.390 e. The molecule has 17 heavy (non-hydrogen) atoms. The first-order valence-corrected chi connectivity index (χ1v) is 7.83. The SMILES string of the molecule is CCOC1(C(O)Cc2ccc(Br)s2)CCCC1. The Labute approximate surface area is 115 Å². The first kappa shape index (κ1) is 13.5. The van der Waals surface area contributed by atoms with Crippen LogP contribution >= 0.6 is 27.3 Å². The fourth-order valence-electron chi connectivity index (χ4n) is 2.67. The minimum atomic E-state index is -0.379. The lowest BCUT2D eigenvalue weighted by molar-refractivity contribution is -0.115. The lowest BCUT2D eigenvalue weighted by Crippen LogP contribution is -2.43. The lowest BCUT2D eigenvalue weighted by atomic mass is 9.91. The van der Waals surface area contributed by atoms with E-state index in [2.05, 4.69) is 22.0 Å². The number of rotatable bonds is 5. The molecule has 2 rings (SSSR count). The Morgan fingerprint density at radius 3 is 2.71 bits per heavy atom. The van der Waals surface area contributed by atoms with Crippen molar-refractivity contribution >= 4 is 27.3 Å². The number of ether oxygens (including phenoxy) is 1.